The molecule has 0 heterocycles. The van der Waals surface area contributed by atoms with Crippen LogP contribution in [0.2, 0.25) is 0 Å². The van der Waals surface area contributed by atoms with E-state index in [1.807, 2.05) is 13.0 Å². The van der Waals surface area contributed by atoms with Gasteiger partial charge in [0.2, 0.25) is 0 Å². The maximum absolute atomic E-state index is 10.6. The zero-order valence-electron chi connectivity index (χ0n) is 12.8. The molecule has 9 nitrogen and oxygen atoms in total. The number of nitrogens with zero attached hydrogens (tertiary/aromatic N) is 1. The van der Waals surface area contributed by atoms with Gasteiger partial charge in [0.05, 0.1) is 32.5 Å². The highest BCUT2D eigenvalue weighted by molar-refractivity contribution is 7.80. The van der Waals surface area contributed by atoms with Gasteiger partial charge < -0.3 is 18.9 Å². The van der Waals surface area contributed by atoms with Crippen molar-refractivity contribution in [1.29, 1.82) is 5.26 Å². The van der Waals surface area contributed by atoms with Crippen LogP contribution in [0.5, 0.6) is 0 Å². The third kappa shape index (κ3) is 12.9. The molecule has 0 bridgehead atoms. The van der Waals surface area contributed by atoms with Gasteiger partial charge in [0.1, 0.15) is 18.8 Å². The molecule has 0 aromatic rings. The van der Waals surface area contributed by atoms with Crippen molar-refractivity contribution in [2.45, 2.75) is 25.6 Å². The largest absolute Gasteiger partial charge is 0.397 e. The highest BCUT2D eigenvalue weighted by Crippen LogP contribution is 2.02. The number of nitriles is 1. The van der Waals surface area contributed by atoms with E-state index >= 15 is 0 Å². The number of hydrogen-bond acceptors (Lipinski definition) is 8. The average Bonchev–Trinajstić information content (AvgIpc) is 2.46. The molecule has 0 saturated heterocycles. The summed E-state index contributed by atoms with van der Waals surface area (Å²) in [5, 5.41) is 8.38. The minimum atomic E-state index is -4.54. The van der Waals surface area contributed by atoms with Crippen LogP contribution in [0.15, 0.2) is 0 Å². The van der Waals surface area contributed by atoms with E-state index in [0.717, 1.165) is 6.42 Å². The third-order valence-corrected chi connectivity index (χ3v) is 2.81. The van der Waals surface area contributed by atoms with E-state index in [4.69, 9.17) is 28.8 Å². The summed E-state index contributed by atoms with van der Waals surface area (Å²) in [6.07, 6.45) is -0.316. The number of ether oxygens (including phenoxy) is 4. The molecule has 10 heteroatoms. The van der Waals surface area contributed by atoms with Gasteiger partial charge in [0, 0.05) is 13.7 Å². The smallest absolute Gasteiger partial charge is 0.379 e. The van der Waals surface area contributed by atoms with Crippen LogP contribution in [0.4, 0.5) is 0 Å². The van der Waals surface area contributed by atoms with Gasteiger partial charge in [-0.1, -0.05) is 6.92 Å². The fraction of sp³-hybridized carbons (Fsp3) is 0.917. The first-order valence-corrected chi connectivity index (χ1v) is 8.08. The highest BCUT2D eigenvalue weighted by atomic mass is 32.3. The molecular weight excluding hydrogens is 318 g/mol. The molecule has 0 aliphatic heterocycles. The van der Waals surface area contributed by atoms with Gasteiger partial charge in [0.25, 0.3) is 0 Å². The van der Waals surface area contributed by atoms with Crippen LogP contribution in [-0.4, -0.2) is 71.9 Å². The summed E-state index contributed by atoms with van der Waals surface area (Å²) in [7, 11) is -3.08. The number of rotatable bonds is 14. The van der Waals surface area contributed by atoms with Crippen LogP contribution in [0.1, 0.15) is 13.3 Å². The fourth-order valence-corrected chi connectivity index (χ4v) is 1.65. The quantitative estimate of drug-likeness (QED) is 0.348. The Bertz CT molecular complexity index is 408. The van der Waals surface area contributed by atoms with Crippen molar-refractivity contribution in [3.05, 3.63) is 0 Å². The lowest BCUT2D eigenvalue weighted by Crippen LogP contribution is -2.33. The third-order valence-electron chi connectivity index (χ3n) is 2.38. The van der Waals surface area contributed by atoms with Crippen molar-refractivity contribution in [1.82, 2.24) is 0 Å². The van der Waals surface area contributed by atoms with E-state index in [1.165, 1.54) is 7.11 Å². The molecule has 0 radical (unpaired) electrons. The Morgan fingerprint density at radius 1 is 1.14 bits per heavy atom. The summed E-state index contributed by atoms with van der Waals surface area (Å²) in [6, 6.07) is 1.83. The van der Waals surface area contributed by atoms with Crippen molar-refractivity contribution in [2.75, 3.05) is 46.8 Å². The second kappa shape index (κ2) is 12.7. The second-order valence-corrected chi connectivity index (χ2v) is 5.36. The second-order valence-electron chi connectivity index (χ2n) is 4.27. The number of hydrogen-bond donors (Lipinski definition) is 1. The first-order valence-electron chi connectivity index (χ1n) is 6.71. The van der Waals surface area contributed by atoms with Crippen LogP contribution < -0.4 is 0 Å². The Kier molecular flexibility index (Phi) is 12.3. The molecule has 0 amide bonds. The number of methoxy groups -OCH3 is 1. The van der Waals surface area contributed by atoms with Crippen LogP contribution in [-0.2, 0) is 33.5 Å². The SMILES string of the molecule is CCCOCC(COS(=O)(=O)O)OCC(COCC#N)OC. The summed E-state index contributed by atoms with van der Waals surface area (Å²) in [5.74, 6) is 0. The lowest BCUT2D eigenvalue weighted by Gasteiger charge is -2.21. The molecule has 130 valence electrons. The lowest BCUT2D eigenvalue weighted by atomic mass is 10.3. The Labute approximate surface area is 131 Å². The fourth-order valence-electron chi connectivity index (χ4n) is 1.33. The molecule has 0 saturated carbocycles. The zero-order valence-corrected chi connectivity index (χ0v) is 13.6. The van der Waals surface area contributed by atoms with Crippen LogP contribution in [0.3, 0.4) is 0 Å². The normalized spacial score (nSPS) is 14.5. The van der Waals surface area contributed by atoms with E-state index in [-0.39, 0.29) is 33.0 Å². The minimum Gasteiger partial charge on any atom is -0.379 e. The van der Waals surface area contributed by atoms with Crippen molar-refractivity contribution < 1.29 is 36.1 Å². The van der Waals surface area contributed by atoms with Gasteiger partial charge in [-0.2, -0.15) is 13.7 Å². The zero-order chi connectivity index (χ0) is 16.8. The van der Waals surface area contributed by atoms with Crippen molar-refractivity contribution in [3.63, 3.8) is 0 Å². The van der Waals surface area contributed by atoms with E-state index in [0.29, 0.717) is 6.61 Å². The molecule has 0 rings (SSSR count). The first-order chi connectivity index (χ1) is 10.4. The Balaban J connectivity index is 4.25. The van der Waals surface area contributed by atoms with Gasteiger partial charge in [0.15, 0.2) is 0 Å². The first kappa shape index (κ1) is 21.2. The molecule has 0 aromatic carbocycles. The molecule has 0 spiro atoms. The monoisotopic (exact) mass is 341 g/mol. The molecule has 0 aromatic heterocycles. The van der Waals surface area contributed by atoms with Crippen molar-refractivity contribution in [2.24, 2.45) is 0 Å². The summed E-state index contributed by atoms with van der Waals surface area (Å²) >= 11 is 0. The Morgan fingerprint density at radius 3 is 2.36 bits per heavy atom. The maximum Gasteiger partial charge on any atom is 0.397 e. The summed E-state index contributed by atoms with van der Waals surface area (Å²) in [5.41, 5.74) is 0. The average molecular weight is 341 g/mol. The van der Waals surface area contributed by atoms with Crippen LogP contribution in [0, 0.1) is 11.3 Å². The predicted molar refractivity (Wildman–Crippen MR) is 75.6 cm³/mol. The summed E-state index contributed by atoms with van der Waals surface area (Å²) in [6.45, 7) is 2.34. The van der Waals surface area contributed by atoms with Gasteiger partial charge >= 0.3 is 10.4 Å². The molecule has 2 unspecified atom stereocenters. The topological polar surface area (TPSA) is 124 Å². The molecule has 0 fully saturated rings. The molecule has 2 atom stereocenters. The van der Waals surface area contributed by atoms with Gasteiger partial charge in [-0.15, -0.1) is 0 Å². The van der Waals surface area contributed by atoms with E-state index in [1.54, 1.807) is 0 Å². The van der Waals surface area contributed by atoms with E-state index < -0.39 is 22.6 Å². The van der Waals surface area contributed by atoms with Gasteiger partial charge in [-0.3, -0.25) is 4.55 Å². The Morgan fingerprint density at radius 2 is 1.82 bits per heavy atom. The molecule has 22 heavy (non-hydrogen) atoms. The lowest BCUT2D eigenvalue weighted by molar-refractivity contribution is -0.0879. The Hall–Kier alpha value is -0.800. The van der Waals surface area contributed by atoms with E-state index in [2.05, 4.69) is 4.18 Å². The molecule has 0 aliphatic rings. The molecule has 1 N–H and O–H groups in total. The standard InChI is InChI=1S/C12H23NO8S/c1-3-5-18-8-12(10-21-22(14,15)16)20-9-11(17-2)7-19-6-4-13/h11-12H,3,5-10H2,1-2H3,(H,14,15,16). The van der Waals surface area contributed by atoms with Gasteiger partial charge in [-0.25, -0.2) is 4.18 Å². The summed E-state index contributed by atoms with van der Waals surface area (Å²) in [4.78, 5) is 0. The molecule has 0 aliphatic carbocycles. The minimum absolute atomic E-state index is 0.0607. The maximum atomic E-state index is 10.6. The van der Waals surface area contributed by atoms with Crippen molar-refractivity contribution in [3.8, 4) is 6.07 Å². The van der Waals surface area contributed by atoms with E-state index in [9.17, 15) is 8.42 Å². The van der Waals surface area contributed by atoms with Gasteiger partial charge in [-0.05, 0) is 6.42 Å². The van der Waals surface area contributed by atoms with Crippen molar-refractivity contribution >= 4 is 10.4 Å². The molecular formula is C12H23NO8S. The predicted octanol–water partition coefficient (Wildman–Crippen LogP) is 0.173. The van der Waals surface area contributed by atoms with Crippen LogP contribution in [0.25, 0.3) is 0 Å². The van der Waals surface area contributed by atoms with Crippen LogP contribution >= 0.6 is 0 Å². The summed E-state index contributed by atoms with van der Waals surface area (Å²) < 4.78 is 54.9. The highest BCUT2D eigenvalue weighted by Gasteiger charge is 2.17.